The number of nitrogens with two attached hydrogens (primary N) is 1. The zero-order valence-electron chi connectivity index (χ0n) is 11.9. The third-order valence-corrected chi connectivity index (χ3v) is 3.57. The predicted octanol–water partition coefficient (Wildman–Crippen LogP) is 0.470. The first-order chi connectivity index (χ1) is 9.04. The minimum atomic E-state index is -0.647. The topological polar surface area (TPSA) is 96.2 Å². The first-order valence-electron chi connectivity index (χ1n) is 7.14. The number of carbonyl (C=O) groups excluding carboxylic acids is 2. The van der Waals surface area contributed by atoms with Gasteiger partial charge in [0.15, 0.2) is 0 Å². The molecule has 1 saturated heterocycles. The monoisotopic (exact) mass is 270 g/mol. The number of rotatable bonds is 6. The van der Waals surface area contributed by atoms with Crippen LogP contribution in [-0.4, -0.2) is 36.6 Å². The highest BCUT2D eigenvalue weighted by Gasteiger charge is 2.26. The molecule has 0 bridgehead atoms. The van der Waals surface area contributed by atoms with Crippen LogP contribution in [0.5, 0.6) is 0 Å². The second-order valence-corrected chi connectivity index (χ2v) is 5.20. The molecule has 110 valence electrons. The van der Waals surface area contributed by atoms with E-state index in [4.69, 9.17) is 5.73 Å². The second-order valence-electron chi connectivity index (χ2n) is 5.20. The highest BCUT2D eigenvalue weighted by atomic mass is 16.2. The lowest BCUT2D eigenvalue weighted by molar-refractivity contribution is -0.124. The number of unbranched alkanes of at least 4 members (excludes halogenated alkanes) is 1. The third kappa shape index (κ3) is 5.46. The minimum Gasteiger partial charge on any atom is -0.352 e. The Kier molecular flexibility index (Phi) is 6.62. The van der Waals surface area contributed by atoms with Crippen molar-refractivity contribution in [2.75, 3.05) is 6.54 Å². The molecule has 1 aliphatic heterocycles. The fourth-order valence-electron chi connectivity index (χ4n) is 2.37. The van der Waals surface area contributed by atoms with Crippen molar-refractivity contribution in [3.63, 3.8) is 0 Å². The smallest absolute Gasteiger partial charge is 0.312 e. The van der Waals surface area contributed by atoms with E-state index in [0.29, 0.717) is 6.42 Å². The van der Waals surface area contributed by atoms with Gasteiger partial charge in [-0.3, -0.25) is 4.79 Å². The molecule has 1 rings (SSSR count). The van der Waals surface area contributed by atoms with Crippen molar-refractivity contribution in [1.29, 1.82) is 0 Å². The van der Waals surface area contributed by atoms with Crippen molar-refractivity contribution >= 4 is 11.9 Å². The average Bonchev–Trinajstić information content (AvgIpc) is 2.36. The van der Waals surface area contributed by atoms with E-state index in [0.717, 1.165) is 32.2 Å². The number of nitrogens with one attached hydrogen (secondary N) is 3. The Morgan fingerprint density at radius 3 is 2.79 bits per heavy atom. The van der Waals surface area contributed by atoms with E-state index in [2.05, 4.69) is 22.9 Å². The summed E-state index contributed by atoms with van der Waals surface area (Å²) in [5.74, 6) is -0.132. The number of carbonyl (C=O) groups is 2. The van der Waals surface area contributed by atoms with Crippen LogP contribution in [0.2, 0.25) is 0 Å². The second kappa shape index (κ2) is 7.99. The highest BCUT2D eigenvalue weighted by Crippen LogP contribution is 2.09. The highest BCUT2D eigenvalue weighted by molar-refractivity contribution is 5.86. The summed E-state index contributed by atoms with van der Waals surface area (Å²) in [6.07, 6.45) is 4.51. The van der Waals surface area contributed by atoms with Crippen LogP contribution in [0.1, 0.15) is 46.0 Å². The van der Waals surface area contributed by atoms with E-state index in [1.54, 1.807) is 0 Å². The van der Waals surface area contributed by atoms with Crippen LogP contribution in [0.4, 0.5) is 4.79 Å². The van der Waals surface area contributed by atoms with Gasteiger partial charge in [-0.2, -0.15) is 0 Å². The normalized spacial score (nSPS) is 24.5. The Labute approximate surface area is 114 Å². The van der Waals surface area contributed by atoms with Gasteiger partial charge in [0.05, 0.1) is 0 Å². The lowest BCUT2D eigenvalue weighted by Gasteiger charge is -2.32. The quantitative estimate of drug-likeness (QED) is 0.565. The fourth-order valence-corrected chi connectivity index (χ4v) is 2.37. The van der Waals surface area contributed by atoms with Gasteiger partial charge >= 0.3 is 6.03 Å². The van der Waals surface area contributed by atoms with E-state index in [1.165, 1.54) is 0 Å². The van der Waals surface area contributed by atoms with Crippen LogP contribution in [0.15, 0.2) is 0 Å². The van der Waals surface area contributed by atoms with E-state index >= 15 is 0 Å². The standard InChI is InChI=1S/C13H26N4O2/c1-3-4-6-11(17-13(14)19)12(18)16-10-7-5-8-15-9(10)2/h9-11,15H,3-8H2,1-2H3,(H,16,18)(H3,14,17,19). The zero-order chi connectivity index (χ0) is 14.3. The van der Waals surface area contributed by atoms with Crippen LogP contribution >= 0.6 is 0 Å². The molecule has 0 aromatic carbocycles. The van der Waals surface area contributed by atoms with Crippen LogP contribution in [0, 0.1) is 0 Å². The Morgan fingerprint density at radius 1 is 1.47 bits per heavy atom. The van der Waals surface area contributed by atoms with E-state index in [9.17, 15) is 9.59 Å². The molecule has 0 spiro atoms. The lowest BCUT2D eigenvalue weighted by atomic mass is 9.99. The summed E-state index contributed by atoms with van der Waals surface area (Å²) >= 11 is 0. The Morgan fingerprint density at radius 2 is 2.21 bits per heavy atom. The SMILES string of the molecule is CCCCC(NC(N)=O)C(=O)NC1CCCNC1C. The molecule has 3 unspecified atom stereocenters. The van der Waals surface area contributed by atoms with Crippen molar-refractivity contribution in [3.05, 3.63) is 0 Å². The Balaban J connectivity index is 2.51. The van der Waals surface area contributed by atoms with Gasteiger partial charge in [0, 0.05) is 12.1 Å². The number of hydrogen-bond acceptors (Lipinski definition) is 3. The molecule has 6 heteroatoms. The minimum absolute atomic E-state index is 0.125. The largest absolute Gasteiger partial charge is 0.352 e. The van der Waals surface area contributed by atoms with Crippen molar-refractivity contribution in [3.8, 4) is 0 Å². The van der Waals surface area contributed by atoms with Crippen molar-refractivity contribution in [2.45, 2.75) is 64.1 Å². The van der Waals surface area contributed by atoms with Gasteiger partial charge in [-0.05, 0) is 32.7 Å². The molecule has 1 fully saturated rings. The fraction of sp³-hybridized carbons (Fsp3) is 0.846. The van der Waals surface area contributed by atoms with Crippen LogP contribution in [-0.2, 0) is 4.79 Å². The summed E-state index contributed by atoms with van der Waals surface area (Å²) in [5, 5.41) is 8.87. The number of primary amides is 1. The molecule has 19 heavy (non-hydrogen) atoms. The van der Waals surface area contributed by atoms with Gasteiger partial charge in [0.1, 0.15) is 6.04 Å². The van der Waals surface area contributed by atoms with Gasteiger partial charge in [-0.1, -0.05) is 19.8 Å². The van der Waals surface area contributed by atoms with Crippen LogP contribution in [0.25, 0.3) is 0 Å². The average molecular weight is 270 g/mol. The molecule has 5 N–H and O–H groups in total. The molecule has 0 aliphatic carbocycles. The van der Waals surface area contributed by atoms with Crippen LogP contribution < -0.4 is 21.7 Å². The number of piperidine rings is 1. The molecule has 0 radical (unpaired) electrons. The van der Waals surface area contributed by atoms with Crippen molar-refractivity contribution in [1.82, 2.24) is 16.0 Å². The molecule has 3 amide bonds. The molecule has 0 aromatic rings. The molecule has 6 nitrogen and oxygen atoms in total. The maximum atomic E-state index is 12.2. The summed E-state index contributed by atoms with van der Waals surface area (Å²) in [5.41, 5.74) is 5.12. The molecule has 0 saturated carbocycles. The molecule has 0 aromatic heterocycles. The first-order valence-corrected chi connectivity index (χ1v) is 7.14. The summed E-state index contributed by atoms with van der Waals surface area (Å²) in [7, 11) is 0. The van der Waals surface area contributed by atoms with Gasteiger partial charge < -0.3 is 21.7 Å². The number of amides is 3. The Hall–Kier alpha value is -1.30. The summed E-state index contributed by atoms with van der Waals surface area (Å²) in [6, 6.07) is -0.782. The lowest BCUT2D eigenvalue weighted by Crippen LogP contribution is -2.57. The van der Waals surface area contributed by atoms with E-state index in [-0.39, 0.29) is 18.0 Å². The van der Waals surface area contributed by atoms with E-state index < -0.39 is 12.1 Å². The molecule has 3 atom stereocenters. The summed E-state index contributed by atoms with van der Waals surface area (Å²) in [4.78, 5) is 23.1. The molecule has 1 aliphatic rings. The van der Waals surface area contributed by atoms with Crippen molar-refractivity contribution < 1.29 is 9.59 Å². The molecular weight excluding hydrogens is 244 g/mol. The Bertz CT molecular complexity index is 309. The van der Waals surface area contributed by atoms with Gasteiger partial charge in [0.2, 0.25) is 5.91 Å². The maximum Gasteiger partial charge on any atom is 0.312 e. The molecule has 1 heterocycles. The van der Waals surface area contributed by atoms with E-state index in [1.807, 2.05) is 6.92 Å². The summed E-state index contributed by atoms with van der Waals surface area (Å²) < 4.78 is 0. The number of urea groups is 1. The van der Waals surface area contributed by atoms with Gasteiger partial charge in [-0.15, -0.1) is 0 Å². The third-order valence-electron chi connectivity index (χ3n) is 3.57. The predicted molar refractivity (Wildman–Crippen MR) is 74.7 cm³/mol. The van der Waals surface area contributed by atoms with Crippen LogP contribution in [0.3, 0.4) is 0 Å². The number of hydrogen-bond donors (Lipinski definition) is 4. The zero-order valence-corrected chi connectivity index (χ0v) is 11.9. The molecular formula is C13H26N4O2. The maximum absolute atomic E-state index is 12.2. The van der Waals surface area contributed by atoms with Crippen molar-refractivity contribution in [2.24, 2.45) is 5.73 Å². The van der Waals surface area contributed by atoms with Gasteiger partial charge in [-0.25, -0.2) is 4.79 Å². The first kappa shape index (κ1) is 15.8. The summed E-state index contributed by atoms with van der Waals surface area (Å²) in [6.45, 7) is 5.10. The van der Waals surface area contributed by atoms with Gasteiger partial charge in [0.25, 0.3) is 0 Å².